The molecule has 4 rings (SSSR count). The number of benzene rings is 4. The monoisotopic (exact) mass is 538 g/mol. The number of hydrogen-bond acceptors (Lipinski definition) is 4. The summed E-state index contributed by atoms with van der Waals surface area (Å²) >= 11 is 3.49. The molecule has 0 aliphatic rings. The maximum atomic E-state index is 13.2. The molecule has 0 aliphatic carbocycles. The Bertz CT molecular complexity index is 1140. The first kappa shape index (κ1) is 27.9. The second-order valence-electron chi connectivity index (χ2n) is 9.20. The average molecular weight is 539 g/mol. The van der Waals surface area contributed by atoms with E-state index in [1.54, 1.807) is 23.5 Å². The van der Waals surface area contributed by atoms with Crippen molar-refractivity contribution in [1.29, 1.82) is 0 Å². The molecule has 0 unspecified atom stereocenters. The molecule has 0 saturated heterocycles. The van der Waals surface area contributed by atoms with Gasteiger partial charge in [-0.05, 0) is 35.5 Å². The molecule has 38 heavy (non-hydrogen) atoms. The first-order chi connectivity index (χ1) is 18.7. The second kappa shape index (κ2) is 15.4. The molecule has 4 aromatic rings. The SMILES string of the molecule is O=C(c1ccccc1)[C@@H](SCCCCCCS[C@@H](C(=O)c1ccccc1)c1ccccc1)c1ccccc1. The molecular formula is C34H34O2S2. The Kier molecular flexibility index (Phi) is 11.3. The fraction of sp³-hybridized carbons (Fsp3) is 0.235. The standard InChI is InChI=1S/C34H34O2S2/c35-31(27-17-7-3-8-18-27)33(29-21-11-5-12-22-29)37-25-15-1-2-16-26-38-34(30-23-13-6-14-24-30)32(36)28-19-9-4-10-20-28/h3-14,17-24,33-34H,1-2,15-16,25-26H2/t33-,34+. The molecule has 0 aliphatic heterocycles. The summed E-state index contributed by atoms with van der Waals surface area (Å²) in [5.41, 5.74) is 3.67. The maximum absolute atomic E-state index is 13.2. The number of rotatable bonds is 15. The maximum Gasteiger partial charge on any atom is 0.180 e. The second-order valence-corrected chi connectivity index (χ2v) is 11.6. The van der Waals surface area contributed by atoms with E-state index in [0.29, 0.717) is 0 Å². The number of Topliss-reactive ketones (excluding diaryl/α,β-unsaturated/α-hetero) is 2. The molecule has 2 nitrogen and oxygen atoms in total. The van der Waals surface area contributed by atoms with Crippen LogP contribution in [0.5, 0.6) is 0 Å². The first-order valence-electron chi connectivity index (χ1n) is 13.3. The van der Waals surface area contributed by atoms with Gasteiger partial charge < -0.3 is 0 Å². The van der Waals surface area contributed by atoms with E-state index in [1.807, 2.05) is 97.1 Å². The van der Waals surface area contributed by atoms with Crippen molar-refractivity contribution in [2.45, 2.75) is 36.2 Å². The lowest BCUT2D eigenvalue weighted by Gasteiger charge is -2.17. The Balaban J connectivity index is 1.23. The van der Waals surface area contributed by atoms with Crippen molar-refractivity contribution in [2.24, 2.45) is 0 Å². The van der Waals surface area contributed by atoms with E-state index in [9.17, 15) is 9.59 Å². The fourth-order valence-corrected chi connectivity index (χ4v) is 6.86. The van der Waals surface area contributed by atoms with Crippen LogP contribution in [0.15, 0.2) is 121 Å². The van der Waals surface area contributed by atoms with Gasteiger partial charge >= 0.3 is 0 Å². The van der Waals surface area contributed by atoms with Crippen molar-refractivity contribution in [3.05, 3.63) is 144 Å². The molecule has 4 aromatic carbocycles. The van der Waals surface area contributed by atoms with Gasteiger partial charge in [-0.15, -0.1) is 23.5 Å². The largest absolute Gasteiger partial charge is 0.293 e. The van der Waals surface area contributed by atoms with Gasteiger partial charge in [-0.1, -0.05) is 134 Å². The number of hydrogen-bond donors (Lipinski definition) is 0. The fourth-order valence-electron chi connectivity index (χ4n) is 4.37. The summed E-state index contributed by atoms with van der Waals surface area (Å²) in [6.07, 6.45) is 4.39. The molecule has 0 N–H and O–H groups in total. The summed E-state index contributed by atoms with van der Waals surface area (Å²) in [6, 6.07) is 39.4. The minimum atomic E-state index is -0.176. The molecule has 0 aromatic heterocycles. The third-order valence-corrected chi connectivity index (χ3v) is 9.09. The molecule has 0 heterocycles. The van der Waals surface area contributed by atoms with Crippen molar-refractivity contribution in [3.63, 3.8) is 0 Å². The van der Waals surface area contributed by atoms with Crippen LogP contribution in [0.4, 0.5) is 0 Å². The summed E-state index contributed by atoms with van der Waals surface area (Å²) in [4.78, 5) is 26.5. The number of carbonyl (C=O) groups is 2. The van der Waals surface area contributed by atoms with Crippen molar-refractivity contribution in [2.75, 3.05) is 11.5 Å². The number of unbranched alkanes of at least 4 members (excludes halogenated alkanes) is 3. The number of ketones is 2. The van der Waals surface area contributed by atoms with Gasteiger partial charge in [0.15, 0.2) is 11.6 Å². The molecule has 0 bridgehead atoms. The zero-order valence-electron chi connectivity index (χ0n) is 21.6. The topological polar surface area (TPSA) is 34.1 Å². The molecular weight excluding hydrogens is 505 g/mol. The normalized spacial score (nSPS) is 12.5. The highest BCUT2D eigenvalue weighted by atomic mass is 32.2. The zero-order chi connectivity index (χ0) is 26.4. The molecule has 0 amide bonds. The van der Waals surface area contributed by atoms with E-state index >= 15 is 0 Å². The lowest BCUT2D eigenvalue weighted by atomic mass is 10.0. The minimum Gasteiger partial charge on any atom is -0.293 e. The van der Waals surface area contributed by atoms with Crippen molar-refractivity contribution < 1.29 is 9.59 Å². The minimum absolute atomic E-state index is 0.174. The van der Waals surface area contributed by atoms with Crippen LogP contribution in [0.2, 0.25) is 0 Å². The van der Waals surface area contributed by atoms with Gasteiger partial charge in [0.1, 0.15) is 0 Å². The smallest absolute Gasteiger partial charge is 0.180 e. The average Bonchev–Trinajstić information content (AvgIpc) is 2.99. The highest BCUT2D eigenvalue weighted by molar-refractivity contribution is 8.00. The molecule has 0 fully saturated rings. The zero-order valence-corrected chi connectivity index (χ0v) is 23.2. The van der Waals surface area contributed by atoms with E-state index in [4.69, 9.17) is 0 Å². The predicted molar refractivity (Wildman–Crippen MR) is 163 cm³/mol. The van der Waals surface area contributed by atoms with Crippen LogP contribution in [0.3, 0.4) is 0 Å². The van der Waals surface area contributed by atoms with Crippen molar-refractivity contribution >= 4 is 35.1 Å². The molecule has 4 heteroatoms. The Morgan fingerprint density at radius 1 is 0.447 bits per heavy atom. The van der Waals surface area contributed by atoms with Gasteiger partial charge in [0.2, 0.25) is 0 Å². The molecule has 0 spiro atoms. The molecule has 194 valence electrons. The van der Waals surface area contributed by atoms with Gasteiger partial charge in [-0.3, -0.25) is 9.59 Å². The van der Waals surface area contributed by atoms with Gasteiger partial charge in [0, 0.05) is 11.1 Å². The van der Waals surface area contributed by atoms with E-state index < -0.39 is 0 Å². The van der Waals surface area contributed by atoms with Crippen LogP contribution < -0.4 is 0 Å². The van der Waals surface area contributed by atoms with Crippen LogP contribution in [-0.2, 0) is 0 Å². The first-order valence-corrected chi connectivity index (χ1v) is 15.4. The quantitative estimate of drug-likeness (QED) is 0.112. The van der Waals surface area contributed by atoms with Crippen molar-refractivity contribution in [1.82, 2.24) is 0 Å². The lowest BCUT2D eigenvalue weighted by molar-refractivity contribution is 0.0981. The van der Waals surface area contributed by atoms with E-state index in [1.165, 1.54) is 0 Å². The van der Waals surface area contributed by atoms with Crippen LogP contribution >= 0.6 is 23.5 Å². The van der Waals surface area contributed by atoms with Crippen LogP contribution in [0.1, 0.15) is 68.0 Å². The van der Waals surface area contributed by atoms with Gasteiger partial charge in [-0.2, -0.15) is 0 Å². The number of carbonyl (C=O) groups excluding carboxylic acids is 2. The Hall–Kier alpha value is -3.08. The van der Waals surface area contributed by atoms with Crippen molar-refractivity contribution in [3.8, 4) is 0 Å². The third-order valence-electron chi connectivity index (χ3n) is 6.41. The Morgan fingerprint density at radius 2 is 0.763 bits per heavy atom. The molecule has 2 atom stereocenters. The van der Waals surface area contributed by atoms with Gasteiger partial charge in [0.05, 0.1) is 10.5 Å². The Labute approximate surface area is 235 Å². The van der Waals surface area contributed by atoms with Crippen LogP contribution in [-0.4, -0.2) is 23.1 Å². The van der Waals surface area contributed by atoms with Crippen LogP contribution in [0, 0.1) is 0 Å². The van der Waals surface area contributed by atoms with Crippen LogP contribution in [0.25, 0.3) is 0 Å². The highest BCUT2D eigenvalue weighted by Gasteiger charge is 2.23. The van der Waals surface area contributed by atoms with E-state index in [2.05, 4.69) is 24.3 Å². The summed E-state index contributed by atoms with van der Waals surface area (Å²) in [5.74, 6) is 2.25. The summed E-state index contributed by atoms with van der Waals surface area (Å²) in [6.45, 7) is 0. The number of thioether (sulfide) groups is 2. The van der Waals surface area contributed by atoms with E-state index in [0.717, 1.165) is 59.4 Å². The van der Waals surface area contributed by atoms with Gasteiger partial charge in [-0.25, -0.2) is 0 Å². The molecule has 0 radical (unpaired) electrons. The summed E-state index contributed by atoms with van der Waals surface area (Å²) < 4.78 is 0. The predicted octanol–water partition coefficient (Wildman–Crippen LogP) is 9.26. The van der Waals surface area contributed by atoms with E-state index in [-0.39, 0.29) is 22.1 Å². The highest BCUT2D eigenvalue weighted by Crippen LogP contribution is 2.35. The van der Waals surface area contributed by atoms with Gasteiger partial charge in [0.25, 0.3) is 0 Å². The third kappa shape index (κ3) is 8.21. The summed E-state index contributed by atoms with van der Waals surface area (Å²) in [5, 5.41) is -0.352. The Morgan fingerprint density at radius 3 is 1.11 bits per heavy atom. The molecule has 0 saturated carbocycles. The lowest BCUT2D eigenvalue weighted by Crippen LogP contribution is -2.11. The summed E-state index contributed by atoms with van der Waals surface area (Å²) in [7, 11) is 0.